The topological polar surface area (TPSA) is 49.0 Å². The Labute approximate surface area is 206 Å². The zero-order valence-electron chi connectivity index (χ0n) is 19.6. The quantitative estimate of drug-likeness (QED) is 0.324. The third-order valence-electron chi connectivity index (χ3n) is 7.20. The highest BCUT2D eigenvalue weighted by molar-refractivity contribution is 5.97. The second kappa shape index (κ2) is 8.81. The third-order valence-corrected chi connectivity index (χ3v) is 7.20. The smallest absolute Gasteiger partial charge is 0.0949 e. The van der Waals surface area contributed by atoms with E-state index in [0.717, 1.165) is 41.2 Å². The maximum absolute atomic E-state index is 10.1. The molecule has 0 spiro atoms. The number of rotatable bonds is 3. The van der Waals surface area contributed by atoms with Crippen molar-refractivity contribution in [2.45, 2.75) is 25.7 Å². The molecule has 1 aliphatic heterocycles. The third kappa shape index (κ3) is 3.68. The first kappa shape index (κ1) is 21.3. The van der Waals surface area contributed by atoms with Crippen molar-refractivity contribution in [3.63, 3.8) is 0 Å². The highest BCUT2D eigenvalue weighted by Crippen LogP contribution is 2.48. The van der Waals surface area contributed by atoms with E-state index in [1.165, 1.54) is 27.8 Å². The highest BCUT2D eigenvalue weighted by atomic mass is 14.9. The van der Waals surface area contributed by atoms with Gasteiger partial charge in [0.25, 0.3) is 0 Å². The minimum atomic E-state index is -0.261. The van der Waals surface area contributed by atoms with Gasteiger partial charge in [-0.3, -0.25) is 4.99 Å². The van der Waals surface area contributed by atoms with Gasteiger partial charge in [0.2, 0.25) is 0 Å². The normalized spacial score (nSPS) is 18.8. The highest BCUT2D eigenvalue weighted by Gasteiger charge is 2.38. The summed E-state index contributed by atoms with van der Waals surface area (Å²) in [4.78, 5) is 10.3. The number of allylic oxidation sites excluding steroid dienone is 1. The Kier molecular flexibility index (Phi) is 5.35. The maximum atomic E-state index is 10.1. The molecule has 0 saturated heterocycles. The first-order valence-electron chi connectivity index (χ1n) is 12.1. The zero-order chi connectivity index (χ0) is 23.8. The molecular formula is C32H25N3. The lowest BCUT2D eigenvalue weighted by Gasteiger charge is -2.34. The molecule has 6 rings (SSSR count). The van der Waals surface area contributed by atoms with Crippen LogP contribution < -0.4 is 0 Å². The first-order valence-corrected chi connectivity index (χ1v) is 12.1. The molecule has 3 aromatic carbocycles. The Morgan fingerprint density at radius 1 is 0.800 bits per heavy atom. The van der Waals surface area contributed by atoms with Crippen LogP contribution in [0.5, 0.6) is 0 Å². The largest absolute Gasteiger partial charge is 0.254 e. The van der Waals surface area contributed by atoms with Gasteiger partial charge < -0.3 is 0 Å². The van der Waals surface area contributed by atoms with Crippen LogP contribution in [0.25, 0.3) is 28.1 Å². The number of pyridine rings is 1. The van der Waals surface area contributed by atoms with Crippen molar-refractivity contribution in [2.75, 3.05) is 0 Å². The minimum absolute atomic E-state index is 0.00390. The number of nitriles is 1. The molecule has 0 fully saturated rings. The second-order valence-electron chi connectivity index (χ2n) is 9.24. The summed E-state index contributed by atoms with van der Waals surface area (Å²) in [6.07, 6.45) is 1.76. The van der Waals surface area contributed by atoms with Gasteiger partial charge in [0.15, 0.2) is 0 Å². The van der Waals surface area contributed by atoms with E-state index in [1.807, 2.05) is 19.1 Å². The summed E-state index contributed by atoms with van der Waals surface area (Å²) >= 11 is 0. The Morgan fingerprint density at radius 2 is 1.43 bits per heavy atom. The summed E-state index contributed by atoms with van der Waals surface area (Å²) in [6, 6.07) is 36.1. The molecule has 168 valence electrons. The van der Waals surface area contributed by atoms with Crippen LogP contribution in [0.1, 0.15) is 36.1 Å². The van der Waals surface area contributed by atoms with Gasteiger partial charge >= 0.3 is 0 Å². The molecule has 1 aliphatic carbocycles. The lowest BCUT2D eigenvalue weighted by Crippen LogP contribution is -2.27. The molecule has 2 unspecified atom stereocenters. The van der Waals surface area contributed by atoms with Crippen molar-refractivity contribution in [2.24, 2.45) is 10.9 Å². The molecule has 3 nitrogen and oxygen atoms in total. The number of aliphatic imine (C=N–C) groups is 1. The molecule has 2 heterocycles. The average molecular weight is 452 g/mol. The molecule has 1 aromatic heterocycles. The average Bonchev–Trinajstić information content (AvgIpc) is 2.93. The standard InChI is InChI=1S/C32H25N3/c1-21-28(20-33)30(24-15-9-4-10-16-24)26-18-17-25-27(22-11-5-2-6-12-22)19-29(23-13-7-3-8-14-23)35-31(25)32(26)34-21/h2-16,19,28,30H,17-18H2,1H3. The van der Waals surface area contributed by atoms with Gasteiger partial charge in [0.05, 0.1) is 29.1 Å². The predicted molar refractivity (Wildman–Crippen MR) is 142 cm³/mol. The number of hydrogen-bond donors (Lipinski definition) is 0. The molecule has 3 heteroatoms. The summed E-state index contributed by atoms with van der Waals surface area (Å²) in [7, 11) is 0. The molecule has 2 atom stereocenters. The van der Waals surface area contributed by atoms with Crippen LogP contribution in [0.2, 0.25) is 0 Å². The van der Waals surface area contributed by atoms with Crippen LogP contribution >= 0.6 is 0 Å². The Bertz CT molecular complexity index is 1490. The Balaban J connectivity index is 1.62. The fourth-order valence-corrected chi connectivity index (χ4v) is 5.52. The number of nitrogens with zero attached hydrogens (tertiary/aromatic N) is 3. The minimum Gasteiger partial charge on any atom is -0.254 e. The zero-order valence-corrected chi connectivity index (χ0v) is 19.6. The second-order valence-corrected chi connectivity index (χ2v) is 9.24. The number of aromatic nitrogens is 1. The summed E-state index contributed by atoms with van der Waals surface area (Å²) in [5, 5.41) is 10.1. The van der Waals surface area contributed by atoms with Crippen molar-refractivity contribution in [3.05, 3.63) is 119 Å². The van der Waals surface area contributed by atoms with E-state index >= 15 is 0 Å². The summed E-state index contributed by atoms with van der Waals surface area (Å²) in [6.45, 7) is 1.99. The van der Waals surface area contributed by atoms with Gasteiger partial charge in [0, 0.05) is 17.2 Å². The van der Waals surface area contributed by atoms with Crippen molar-refractivity contribution < 1.29 is 0 Å². The van der Waals surface area contributed by atoms with E-state index in [0.29, 0.717) is 0 Å². The van der Waals surface area contributed by atoms with Crippen LogP contribution in [0.4, 0.5) is 0 Å². The van der Waals surface area contributed by atoms with E-state index in [4.69, 9.17) is 9.98 Å². The first-order chi connectivity index (χ1) is 17.2. The molecule has 0 saturated carbocycles. The van der Waals surface area contributed by atoms with Crippen LogP contribution in [-0.2, 0) is 6.42 Å². The molecule has 0 N–H and O–H groups in total. The van der Waals surface area contributed by atoms with Gasteiger partial charge in [-0.25, -0.2) is 4.98 Å². The molecule has 0 amide bonds. The van der Waals surface area contributed by atoms with E-state index in [1.54, 1.807) is 0 Å². The lowest BCUT2D eigenvalue weighted by atomic mass is 9.72. The van der Waals surface area contributed by atoms with Crippen LogP contribution in [-0.4, -0.2) is 10.7 Å². The monoisotopic (exact) mass is 451 g/mol. The van der Waals surface area contributed by atoms with Crippen LogP contribution in [0, 0.1) is 17.2 Å². The predicted octanol–water partition coefficient (Wildman–Crippen LogP) is 7.47. The summed E-state index contributed by atoms with van der Waals surface area (Å²) in [5.41, 5.74) is 10.9. The summed E-state index contributed by atoms with van der Waals surface area (Å²) in [5.74, 6) is -0.257. The molecule has 2 aliphatic rings. The summed E-state index contributed by atoms with van der Waals surface area (Å²) < 4.78 is 0. The molecule has 35 heavy (non-hydrogen) atoms. The molecule has 4 aromatic rings. The van der Waals surface area contributed by atoms with E-state index in [2.05, 4.69) is 91.0 Å². The van der Waals surface area contributed by atoms with Crippen molar-refractivity contribution in [1.82, 2.24) is 4.98 Å². The number of benzene rings is 3. The number of fused-ring (bicyclic) bond motifs is 2. The van der Waals surface area contributed by atoms with Crippen LogP contribution in [0.15, 0.2) is 108 Å². The number of hydrogen-bond acceptors (Lipinski definition) is 3. The van der Waals surface area contributed by atoms with Gasteiger partial charge in [-0.15, -0.1) is 0 Å². The van der Waals surface area contributed by atoms with E-state index < -0.39 is 0 Å². The van der Waals surface area contributed by atoms with Gasteiger partial charge in [0.1, 0.15) is 0 Å². The van der Waals surface area contributed by atoms with Gasteiger partial charge in [-0.05, 0) is 53.7 Å². The van der Waals surface area contributed by atoms with E-state index in [-0.39, 0.29) is 11.8 Å². The van der Waals surface area contributed by atoms with Gasteiger partial charge in [-0.2, -0.15) is 5.26 Å². The van der Waals surface area contributed by atoms with Crippen LogP contribution in [0.3, 0.4) is 0 Å². The Morgan fingerprint density at radius 3 is 2.09 bits per heavy atom. The van der Waals surface area contributed by atoms with Gasteiger partial charge in [-0.1, -0.05) is 91.0 Å². The molecular weight excluding hydrogens is 426 g/mol. The lowest BCUT2D eigenvalue weighted by molar-refractivity contribution is 0.657. The van der Waals surface area contributed by atoms with E-state index in [9.17, 15) is 5.26 Å². The molecule has 0 radical (unpaired) electrons. The van der Waals surface area contributed by atoms with Crippen molar-refractivity contribution in [3.8, 4) is 28.5 Å². The van der Waals surface area contributed by atoms with Crippen molar-refractivity contribution in [1.29, 1.82) is 5.26 Å². The maximum Gasteiger partial charge on any atom is 0.0949 e. The SMILES string of the molecule is CC1=NC2=C(CCc3c(-c4ccccc4)cc(-c4ccccc4)nc32)C(c2ccccc2)C1C#N. The van der Waals surface area contributed by atoms with Crippen molar-refractivity contribution >= 4 is 11.4 Å². The Hall–Kier alpha value is -4.29. The fourth-order valence-electron chi connectivity index (χ4n) is 5.52. The molecule has 0 bridgehead atoms. The fraction of sp³-hybridized carbons (Fsp3) is 0.156.